The zero-order valence-corrected chi connectivity index (χ0v) is 15.1. The number of aliphatic hydroxyl groups is 1. The molecule has 0 aromatic rings. The molecule has 0 unspecified atom stereocenters. The quantitative estimate of drug-likeness (QED) is 0.742. The molecule has 3 saturated carbocycles. The van der Waals surface area contributed by atoms with Crippen LogP contribution in [-0.4, -0.2) is 40.5 Å². The number of piperidine rings is 1. The zero-order chi connectivity index (χ0) is 16.6. The summed E-state index contributed by atoms with van der Waals surface area (Å²) in [5, 5.41) is 11.8. The van der Waals surface area contributed by atoms with Crippen LogP contribution in [0.2, 0.25) is 0 Å². The van der Waals surface area contributed by atoms with Gasteiger partial charge in [-0.05, 0) is 81.9 Å². The molecule has 24 heavy (non-hydrogen) atoms. The van der Waals surface area contributed by atoms with Crippen molar-refractivity contribution in [2.45, 2.75) is 76.0 Å². The second-order valence-corrected chi connectivity index (χ2v) is 9.47. The van der Waals surface area contributed by atoms with E-state index in [9.17, 15) is 9.90 Å². The fourth-order valence-electron chi connectivity index (χ4n) is 7.41. The van der Waals surface area contributed by atoms with E-state index in [-0.39, 0.29) is 5.92 Å². The van der Waals surface area contributed by atoms with Crippen LogP contribution in [0, 0.1) is 29.6 Å². The minimum Gasteiger partial charge on any atom is -0.385 e. The van der Waals surface area contributed by atoms with Crippen LogP contribution in [0.4, 0.5) is 0 Å². The number of ketones is 1. The number of allylic oxidation sites excluding steroid dienone is 1. The topological polar surface area (TPSA) is 40.5 Å². The molecule has 4 aliphatic carbocycles. The lowest BCUT2D eigenvalue weighted by Gasteiger charge is -2.51. The summed E-state index contributed by atoms with van der Waals surface area (Å²) in [6.45, 7) is 2.32. The molecule has 3 nitrogen and oxygen atoms in total. The minimum atomic E-state index is -0.690. The van der Waals surface area contributed by atoms with Crippen LogP contribution in [0.5, 0.6) is 0 Å². The van der Waals surface area contributed by atoms with Crippen LogP contribution in [0.3, 0.4) is 0 Å². The number of hydrogen-bond donors (Lipinski definition) is 1. The monoisotopic (exact) mass is 329 g/mol. The maximum atomic E-state index is 12.8. The van der Waals surface area contributed by atoms with Crippen LogP contribution >= 0.6 is 0 Å². The van der Waals surface area contributed by atoms with Gasteiger partial charge in [0.15, 0.2) is 5.78 Å². The molecule has 4 fully saturated rings. The van der Waals surface area contributed by atoms with Crippen molar-refractivity contribution in [1.82, 2.24) is 4.90 Å². The number of hydrogen-bond acceptors (Lipinski definition) is 3. The van der Waals surface area contributed by atoms with Gasteiger partial charge in [-0.15, -0.1) is 0 Å². The summed E-state index contributed by atoms with van der Waals surface area (Å²) in [6.07, 6.45) is 11.1. The Kier molecular flexibility index (Phi) is 3.35. The van der Waals surface area contributed by atoms with Crippen molar-refractivity contribution in [2.24, 2.45) is 29.6 Å². The first-order chi connectivity index (χ1) is 11.5. The maximum absolute atomic E-state index is 12.8. The van der Waals surface area contributed by atoms with Gasteiger partial charge in [0.2, 0.25) is 0 Å². The van der Waals surface area contributed by atoms with Gasteiger partial charge in [-0.2, -0.15) is 0 Å². The van der Waals surface area contributed by atoms with E-state index in [1.165, 1.54) is 32.1 Å². The Hall–Kier alpha value is -0.670. The molecular formula is C21H31NO2. The highest BCUT2D eigenvalue weighted by molar-refractivity contribution is 5.94. The lowest BCUT2D eigenvalue weighted by Crippen LogP contribution is -2.57. The molecule has 132 valence electrons. The van der Waals surface area contributed by atoms with E-state index >= 15 is 0 Å². The van der Waals surface area contributed by atoms with E-state index in [0.717, 1.165) is 24.8 Å². The number of carbonyl (C=O) groups excluding carboxylic acids is 1. The molecular weight excluding hydrogens is 298 g/mol. The molecule has 3 heteroatoms. The molecule has 0 aromatic carbocycles. The molecule has 1 saturated heterocycles. The number of fused-ring (bicyclic) bond motifs is 9. The van der Waals surface area contributed by atoms with Crippen LogP contribution < -0.4 is 0 Å². The Morgan fingerprint density at radius 1 is 1.21 bits per heavy atom. The van der Waals surface area contributed by atoms with Gasteiger partial charge in [-0.3, -0.25) is 4.79 Å². The van der Waals surface area contributed by atoms with Gasteiger partial charge in [0, 0.05) is 23.9 Å². The van der Waals surface area contributed by atoms with Crippen LogP contribution in [0.1, 0.15) is 58.3 Å². The average molecular weight is 329 g/mol. The molecule has 0 spiro atoms. The molecule has 1 aliphatic heterocycles. The second kappa shape index (κ2) is 5.17. The van der Waals surface area contributed by atoms with E-state index in [2.05, 4.69) is 18.9 Å². The van der Waals surface area contributed by atoms with E-state index < -0.39 is 5.60 Å². The molecule has 2 bridgehead atoms. The predicted molar refractivity (Wildman–Crippen MR) is 93.4 cm³/mol. The normalized spacial score (nSPS) is 53.9. The summed E-state index contributed by atoms with van der Waals surface area (Å²) >= 11 is 0. The van der Waals surface area contributed by atoms with Gasteiger partial charge in [0.25, 0.3) is 0 Å². The number of carbonyl (C=O) groups is 1. The van der Waals surface area contributed by atoms with E-state index in [1.54, 1.807) is 0 Å². The Bertz CT molecular complexity index is 599. The van der Waals surface area contributed by atoms with Crippen molar-refractivity contribution in [1.29, 1.82) is 0 Å². The van der Waals surface area contributed by atoms with E-state index in [0.29, 0.717) is 41.5 Å². The van der Waals surface area contributed by atoms with Crippen LogP contribution in [0.15, 0.2) is 11.6 Å². The Balaban J connectivity index is 1.58. The molecule has 0 aromatic heterocycles. The third-order valence-corrected chi connectivity index (χ3v) is 8.62. The summed E-state index contributed by atoms with van der Waals surface area (Å²) in [5.74, 6) is 2.53. The van der Waals surface area contributed by atoms with Gasteiger partial charge in [-0.1, -0.05) is 12.8 Å². The molecule has 1 heterocycles. The van der Waals surface area contributed by atoms with Gasteiger partial charge >= 0.3 is 0 Å². The second-order valence-electron chi connectivity index (χ2n) is 9.47. The molecule has 5 aliphatic rings. The van der Waals surface area contributed by atoms with Crippen molar-refractivity contribution in [2.75, 3.05) is 7.05 Å². The molecule has 1 N–H and O–H groups in total. The van der Waals surface area contributed by atoms with Crippen molar-refractivity contribution in [3.8, 4) is 0 Å². The predicted octanol–water partition coefficient (Wildman–Crippen LogP) is 3.17. The van der Waals surface area contributed by atoms with Gasteiger partial charge in [-0.25, -0.2) is 0 Å². The Morgan fingerprint density at radius 2 is 2.00 bits per heavy atom. The van der Waals surface area contributed by atoms with Crippen LogP contribution in [0.25, 0.3) is 0 Å². The Labute approximate surface area is 145 Å². The fourth-order valence-corrected chi connectivity index (χ4v) is 7.41. The van der Waals surface area contributed by atoms with Crippen molar-refractivity contribution in [3.63, 3.8) is 0 Å². The summed E-state index contributed by atoms with van der Waals surface area (Å²) < 4.78 is 0. The lowest BCUT2D eigenvalue weighted by atomic mass is 9.63. The van der Waals surface area contributed by atoms with Crippen molar-refractivity contribution in [3.05, 3.63) is 11.6 Å². The summed E-state index contributed by atoms with van der Waals surface area (Å²) in [5.41, 5.74) is 0.473. The first-order valence-corrected chi connectivity index (χ1v) is 10.2. The first-order valence-electron chi connectivity index (χ1n) is 10.2. The largest absolute Gasteiger partial charge is 0.385 e. The smallest absolute Gasteiger partial charge is 0.159 e. The number of nitrogens with zero attached hydrogens (tertiary/aromatic N) is 1. The van der Waals surface area contributed by atoms with E-state index in [1.807, 2.05) is 6.08 Å². The number of rotatable bonds is 0. The van der Waals surface area contributed by atoms with Crippen molar-refractivity contribution >= 4 is 5.78 Å². The lowest BCUT2D eigenvalue weighted by molar-refractivity contribution is -0.123. The first kappa shape index (κ1) is 15.6. The van der Waals surface area contributed by atoms with Gasteiger partial charge in [0.1, 0.15) is 0 Å². The SMILES string of the molecule is C[C@@H]1CC[C@H]2[C@H](C[C@H]3C[C@@]2(O)C2=CC(=O)[C@H]4CCCC[C@@H]4[C@H]23)N1C. The van der Waals surface area contributed by atoms with Crippen LogP contribution in [-0.2, 0) is 4.79 Å². The summed E-state index contributed by atoms with van der Waals surface area (Å²) in [4.78, 5) is 15.3. The average Bonchev–Trinajstić information content (AvgIpc) is 2.80. The van der Waals surface area contributed by atoms with E-state index in [4.69, 9.17) is 0 Å². The number of likely N-dealkylation sites (tertiary alicyclic amines) is 1. The van der Waals surface area contributed by atoms with Gasteiger partial charge < -0.3 is 10.0 Å². The molecule has 0 radical (unpaired) electrons. The molecule has 5 rings (SSSR count). The maximum Gasteiger partial charge on any atom is 0.159 e. The summed E-state index contributed by atoms with van der Waals surface area (Å²) in [7, 11) is 2.25. The minimum absolute atomic E-state index is 0.258. The highest BCUT2D eigenvalue weighted by atomic mass is 16.3. The highest BCUT2D eigenvalue weighted by Crippen LogP contribution is 2.63. The molecule has 8 atom stereocenters. The summed E-state index contributed by atoms with van der Waals surface area (Å²) in [6, 6.07) is 1.12. The van der Waals surface area contributed by atoms with Crippen molar-refractivity contribution < 1.29 is 9.90 Å². The highest BCUT2D eigenvalue weighted by Gasteiger charge is 2.63. The zero-order valence-electron chi connectivity index (χ0n) is 15.1. The third kappa shape index (κ3) is 1.89. The Morgan fingerprint density at radius 3 is 2.83 bits per heavy atom. The molecule has 0 amide bonds. The fraction of sp³-hybridized carbons (Fsp3) is 0.857. The standard InChI is InChI=1S/C21H31NO2/c1-12-7-8-16-18(22(12)2)9-13-11-21(16,24)17-10-19(23)14-5-3-4-6-15(14)20(13)17/h10,12-16,18,20,24H,3-9,11H2,1-2H3/t12-,13+,14+,15+,16+,18+,20-,21+/m1/s1. The third-order valence-electron chi connectivity index (χ3n) is 8.62. The van der Waals surface area contributed by atoms with Gasteiger partial charge in [0.05, 0.1) is 5.60 Å².